The predicted octanol–water partition coefficient (Wildman–Crippen LogP) is 2.57. The minimum Gasteiger partial charge on any atom is -0.337 e. The van der Waals surface area contributed by atoms with Crippen LogP contribution in [0.4, 0.5) is 0 Å². The Morgan fingerprint density at radius 1 is 0.842 bits per heavy atom. The molecule has 0 aliphatic heterocycles. The van der Waals surface area contributed by atoms with Crippen LogP contribution in [0.3, 0.4) is 0 Å². The third-order valence-corrected chi connectivity index (χ3v) is 3.01. The van der Waals surface area contributed by atoms with E-state index in [1.54, 1.807) is 18.6 Å². The molecule has 0 bridgehead atoms. The number of nitrogens with one attached hydrogen (secondary N) is 1. The van der Waals surface area contributed by atoms with Gasteiger partial charge in [-0.1, -0.05) is 6.07 Å². The van der Waals surface area contributed by atoms with Gasteiger partial charge in [0, 0.05) is 24.2 Å². The molecule has 3 aromatic heterocycles. The van der Waals surface area contributed by atoms with Crippen LogP contribution in [0.25, 0.3) is 33.6 Å². The van der Waals surface area contributed by atoms with Crippen LogP contribution in [0.1, 0.15) is 0 Å². The van der Waals surface area contributed by atoms with Crippen molar-refractivity contribution in [2.45, 2.75) is 0 Å². The second-order valence-corrected chi connectivity index (χ2v) is 4.19. The van der Waals surface area contributed by atoms with Crippen molar-refractivity contribution in [2.75, 3.05) is 0 Å². The number of aromatic amines is 1. The molecule has 0 aliphatic carbocycles. The van der Waals surface area contributed by atoms with E-state index in [2.05, 4.69) is 24.9 Å². The van der Waals surface area contributed by atoms with Crippen LogP contribution >= 0.6 is 0 Å². The first-order valence-electron chi connectivity index (χ1n) is 5.93. The van der Waals surface area contributed by atoms with Crippen molar-refractivity contribution in [2.24, 2.45) is 0 Å². The van der Waals surface area contributed by atoms with Crippen molar-refractivity contribution >= 4 is 22.2 Å². The summed E-state index contributed by atoms with van der Waals surface area (Å²) in [5.74, 6) is 0.764. The molecule has 90 valence electrons. The molecule has 5 heteroatoms. The van der Waals surface area contributed by atoms with Gasteiger partial charge in [-0.15, -0.1) is 0 Å². The molecule has 4 rings (SSSR count). The van der Waals surface area contributed by atoms with Crippen LogP contribution in [0.2, 0.25) is 0 Å². The Morgan fingerprint density at radius 2 is 1.79 bits per heavy atom. The number of nitrogens with zero attached hydrogens (tertiary/aromatic N) is 4. The van der Waals surface area contributed by atoms with E-state index in [1.807, 2.05) is 30.3 Å². The van der Waals surface area contributed by atoms with Crippen molar-refractivity contribution in [3.63, 3.8) is 0 Å². The number of fused-ring (bicyclic) bond motifs is 2. The van der Waals surface area contributed by atoms with E-state index in [-0.39, 0.29) is 0 Å². The molecule has 0 unspecified atom stereocenters. The van der Waals surface area contributed by atoms with Crippen LogP contribution in [-0.4, -0.2) is 24.9 Å². The topological polar surface area (TPSA) is 67.3 Å². The van der Waals surface area contributed by atoms with E-state index >= 15 is 0 Å². The standard InChI is InChI=1S/C14H9N5/c1-3-9(12-10(4-1)15-7-8-16-12)13-18-11-5-2-6-17-14(11)19-13/h1-8H,(H,17,18,19). The SMILES string of the molecule is c1cc(-c2nc3ncccc3[nH]2)c2nccnc2c1. The van der Waals surface area contributed by atoms with E-state index in [9.17, 15) is 0 Å². The summed E-state index contributed by atoms with van der Waals surface area (Å²) < 4.78 is 0. The van der Waals surface area contributed by atoms with Gasteiger partial charge in [0.05, 0.1) is 16.6 Å². The largest absolute Gasteiger partial charge is 0.337 e. The maximum Gasteiger partial charge on any atom is 0.178 e. The zero-order chi connectivity index (χ0) is 12.7. The number of para-hydroxylation sites is 1. The molecular weight excluding hydrogens is 238 g/mol. The summed E-state index contributed by atoms with van der Waals surface area (Å²) in [5, 5.41) is 0. The molecule has 0 aliphatic rings. The molecule has 3 heterocycles. The molecule has 1 N–H and O–H groups in total. The monoisotopic (exact) mass is 247 g/mol. The molecule has 0 amide bonds. The van der Waals surface area contributed by atoms with Crippen LogP contribution in [-0.2, 0) is 0 Å². The molecule has 0 radical (unpaired) electrons. The summed E-state index contributed by atoms with van der Waals surface area (Å²) in [6.45, 7) is 0. The summed E-state index contributed by atoms with van der Waals surface area (Å²) in [4.78, 5) is 20.7. The van der Waals surface area contributed by atoms with Gasteiger partial charge in [0.1, 0.15) is 5.82 Å². The summed E-state index contributed by atoms with van der Waals surface area (Å²) >= 11 is 0. The third-order valence-electron chi connectivity index (χ3n) is 3.01. The first-order valence-corrected chi connectivity index (χ1v) is 5.93. The van der Waals surface area contributed by atoms with E-state index in [1.165, 1.54) is 0 Å². The second kappa shape index (κ2) is 3.84. The highest BCUT2D eigenvalue weighted by Gasteiger charge is 2.10. The summed E-state index contributed by atoms with van der Waals surface area (Å²) in [7, 11) is 0. The van der Waals surface area contributed by atoms with Crippen LogP contribution in [0.5, 0.6) is 0 Å². The fourth-order valence-corrected chi connectivity index (χ4v) is 2.16. The van der Waals surface area contributed by atoms with Crippen LogP contribution < -0.4 is 0 Å². The molecule has 0 saturated heterocycles. The fraction of sp³-hybridized carbons (Fsp3) is 0. The van der Waals surface area contributed by atoms with Gasteiger partial charge in [-0.3, -0.25) is 9.97 Å². The Balaban J connectivity index is 2.03. The van der Waals surface area contributed by atoms with Crippen LogP contribution in [0.15, 0.2) is 48.9 Å². The number of hydrogen-bond donors (Lipinski definition) is 1. The van der Waals surface area contributed by atoms with Crippen molar-refractivity contribution in [3.8, 4) is 11.4 Å². The van der Waals surface area contributed by atoms with Gasteiger partial charge >= 0.3 is 0 Å². The molecule has 0 fully saturated rings. The van der Waals surface area contributed by atoms with Gasteiger partial charge in [-0.2, -0.15) is 0 Å². The quantitative estimate of drug-likeness (QED) is 0.561. The van der Waals surface area contributed by atoms with Gasteiger partial charge in [0.25, 0.3) is 0 Å². The van der Waals surface area contributed by atoms with Crippen molar-refractivity contribution in [1.82, 2.24) is 24.9 Å². The highest BCUT2D eigenvalue weighted by molar-refractivity contribution is 5.91. The average Bonchev–Trinajstić information content (AvgIpc) is 2.90. The lowest BCUT2D eigenvalue weighted by Crippen LogP contribution is -1.88. The Labute approximate surface area is 108 Å². The van der Waals surface area contributed by atoms with Crippen molar-refractivity contribution in [1.29, 1.82) is 0 Å². The van der Waals surface area contributed by atoms with Gasteiger partial charge in [-0.25, -0.2) is 9.97 Å². The fourth-order valence-electron chi connectivity index (χ4n) is 2.16. The Hall–Kier alpha value is -2.82. The van der Waals surface area contributed by atoms with E-state index in [4.69, 9.17) is 0 Å². The lowest BCUT2D eigenvalue weighted by molar-refractivity contribution is 1.27. The van der Waals surface area contributed by atoms with E-state index < -0.39 is 0 Å². The smallest absolute Gasteiger partial charge is 0.178 e. The Kier molecular flexibility index (Phi) is 2.05. The number of aromatic nitrogens is 5. The van der Waals surface area contributed by atoms with Gasteiger partial charge in [0.2, 0.25) is 0 Å². The third kappa shape index (κ3) is 1.55. The minimum atomic E-state index is 0.707. The summed E-state index contributed by atoms with van der Waals surface area (Å²) in [5.41, 5.74) is 4.25. The number of rotatable bonds is 1. The molecule has 4 aromatic rings. The molecule has 19 heavy (non-hydrogen) atoms. The predicted molar refractivity (Wildman–Crippen MR) is 72.4 cm³/mol. The van der Waals surface area contributed by atoms with Crippen LogP contribution in [0, 0.1) is 0 Å². The maximum absolute atomic E-state index is 4.50. The highest BCUT2D eigenvalue weighted by atomic mass is 15.0. The average molecular weight is 247 g/mol. The molecule has 0 atom stereocenters. The number of H-pyrrole nitrogens is 1. The van der Waals surface area contributed by atoms with Gasteiger partial charge in [0.15, 0.2) is 5.65 Å². The van der Waals surface area contributed by atoms with E-state index in [0.717, 1.165) is 27.9 Å². The molecular formula is C14H9N5. The molecule has 0 saturated carbocycles. The number of pyridine rings is 1. The molecule has 5 nitrogen and oxygen atoms in total. The zero-order valence-electron chi connectivity index (χ0n) is 9.91. The number of hydrogen-bond acceptors (Lipinski definition) is 4. The maximum atomic E-state index is 4.50. The first kappa shape index (κ1) is 10.1. The summed E-state index contributed by atoms with van der Waals surface area (Å²) in [6, 6.07) is 9.71. The number of imidazole rings is 1. The van der Waals surface area contributed by atoms with Crippen molar-refractivity contribution < 1.29 is 0 Å². The second-order valence-electron chi connectivity index (χ2n) is 4.19. The lowest BCUT2D eigenvalue weighted by atomic mass is 10.1. The molecule has 1 aromatic carbocycles. The Bertz CT molecular complexity index is 843. The lowest BCUT2D eigenvalue weighted by Gasteiger charge is -2.01. The van der Waals surface area contributed by atoms with Crippen molar-refractivity contribution in [3.05, 3.63) is 48.9 Å². The normalized spacial score (nSPS) is 11.2. The van der Waals surface area contributed by atoms with Gasteiger partial charge < -0.3 is 4.98 Å². The number of benzene rings is 1. The minimum absolute atomic E-state index is 0.707. The highest BCUT2D eigenvalue weighted by Crippen LogP contribution is 2.24. The first-order chi connectivity index (χ1) is 9.42. The molecule has 0 spiro atoms. The Morgan fingerprint density at radius 3 is 2.74 bits per heavy atom. The van der Waals surface area contributed by atoms with Gasteiger partial charge in [-0.05, 0) is 24.3 Å². The zero-order valence-corrected chi connectivity index (χ0v) is 9.91. The summed E-state index contributed by atoms with van der Waals surface area (Å²) in [6.07, 6.45) is 5.11. The van der Waals surface area contributed by atoms with E-state index in [0.29, 0.717) is 5.65 Å².